The summed E-state index contributed by atoms with van der Waals surface area (Å²) in [5.41, 5.74) is 0.510. The summed E-state index contributed by atoms with van der Waals surface area (Å²) in [4.78, 5) is 10.2. The zero-order valence-corrected chi connectivity index (χ0v) is 8.08. The molecule has 0 saturated heterocycles. The van der Waals surface area contributed by atoms with Crippen molar-refractivity contribution in [3.63, 3.8) is 0 Å². The van der Waals surface area contributed by atoms with Gasteiger partial charge in [0.05, 0.1) is 6.54 Å². The molecule has 0 aliphatic rings. The van der Waals surface area contributed by atoms with Crippen molar-refractivity contribution in [1.82, 2.24) is 5.32 Å². The molecule has 0 unspecified atom stereocenters. The molecule has 4 nitrogen and oxygen atoms in total. The Balaban J connectivity index is 2.62. The van der Waals surface area contributed by atoms with E-state index in [-0.39, 0.29) is 18.8 Å². The van der Waals surface area contributed by atoms with Gasteiger partial charge in [0.1, 0.15) is 5.75 Å². The number of aliphatic carboxylic acids is 1. The fourth-order valence-corrected chi connectivity index (χ4v) is 1.25. The minimum absolute atomic E-state index is 0.0652. The Hall–Kier alpha value is -1.26. The van der Waals surface area contributed by atoms with Gasteiger partial charge >= 0.3 is 5.97 Å². The fourth-order valence-electron chi connectivity index (χ4n) is 1.02. The van der Waals surface area contributed by atoms with Gasteiger partial charge < -0.3 is 15.5 Å². The maximum absolute atomic E-state index is 10.2. The van der Waals surface area contributed by atoms with Crippen LogP contribution in [0.5, 0.6) is 5.75 Å². The van der Waals surface area contributed by atoms with Gasteiger partial charge in [-0.25, -0.2) is 0 Å². The van der Waals surface area contributed by atoms with E-state index in [1.807, 2.05) is 0 Å². The van der Waals surface area contributed by atoms with Crippen molar-refractivity contribution >= 4 is 17.6 Å². The lowest BCUT2D eigenvalue weighted by molar-refractivity contribution is -0.136. The van der Waals surface area contributed by atoms with Crippen molar-refractivity contribution in [3.05, 3.63) is 28.8 Å². The van der Waals surface area contributed by atoms with E-state index in [1.165, 1.54) is 6.07 Å². The smallest absolute Gasteiger partial charge is 0.317 e. The van der Waals surface area contributed by atoms with Gasteiger partial charge in [-0.15, -0.1) is 0 Å². The van der Waals surface area contributed by atoms with Gasteiger partial charge in [-0.05, 0) is 12.1 Å². The molecule has 76 valence electrons. The summed E-state index contributed by atoms with van der Waals surface area (Å²) in [5, 5.41) is 20.8. The van der Waals surface area contributed by atoms with Gasteiger partial charge in [0.15, 0.2) is 0 Å². The first kappa shape index (κ1) is 10.8. The third-order valence-corrected chi connectivity index (χ3v) is 2.03. The first-order chi connectivity index (χ1) is 6.61. The summed E-state index contributed by atoms with van der Waals surface area (Å²) in [6.45, 7) is 0.0719. The third-order valence-electron chi connectivity index (χ3n) is 1.67. The second kappa shape index (κ2) is 4.83. The van der Waals surface area contributed by atoms with Gasteiger partial charge in [0.25, 0.3) is 0 Å². The van der Waals surface area contributed by atoms with Crippen LogP contribution in [0.25, 0.3) is 0 Å². The fraction of sp³-hybridized carbons (Fsp3) is 0.222. The summed E-state index contributed by atoms with van der Waals surface area (Å²) in [6.07, 6.45) is 0. The molecule has 0 atom stereocenters. The second-order valence-electron chi connectivity index (χ2n) is 2.73. The number of nitrogens with one attached hydrogen (secondary N) is 1. The van der Waals surface area contributed by atoms with E-state index in [1.54, 1.807) is 12.1 Å². The average molecular weight is 216 g/mol. The Bertz CT molecular complexity index is 321. The minimum atomic E-state index is -0.948. The predicted octanol–water partition coefficient (Wildman–Crippen LogP) is 1.22. The lowest BCUT2D eigenvalue weighted by atomic mass is 10.2. The molecule has 14 heavy (non-hydrogen) atoms. The van der Waals surface area contributed by atoms with Crippen molar-refractivity contribution < 1.29 is 15.0 Å². The minimum Gasteiger partial charge on any atom is -0.508 e. The highest BCUT2D eigenvalue weighted by Gasteiger charge is 2.05. The molecule has 0 fully saturated rings. The SMILES string of the molecule is O=C(O)CNCc1c(O)cccc1Cl. The van der Waals surface area contributed by atoms with Gasteiger partial charge in [0.2, 0.25) is 0 Å². The largest absolute Gasteiger partial charge is 0.508 e. The second-order valence-corrected chi connectivity index (χ2v) is 3.14. The Labute approximate surface area is 86.1 Å². The number of benzene rings is 1. The van der Waals surface area contributed by atoms with Crippen molar-refractivity contribution in [2.45, 2.75) is 6.54 Å². The monoisotopic (exact) mass is 215 g/mol. The molecule has 0 aromatic heterocycles. The van der Waals surface area contributed by atoms with Crippen LogP contribution in [0.1, 0.15) is 5.56 Å². The molecule has 0 spiro atoms. The molecule has 0 aliphatic carbocycles. The van der Waals surface area contributed by atoms with Crippen LogP contribution in [0.15, 0.2) is 18.2 Å². The van der Waals surface area contributed by atoms with Crippen LogP contribution in [0, 0.1) is 0 Å². The van der Waals surface area contributed by atoms with Crippen molar-refractivity contribution in [2.75, 3.05) is 6.54 Å². The quantitative estimate of drug-likeness (QED) is 0.707. The molecule has 5 heteroatoms. The highest BCUT2D eigenvalue weighted by molar-refractivity contribution is 6.31. The number of phenolic OH excluding ortho intramolecular Hbond substituents is 1. The number of carboxylic acids is 1. The summed E-state index contributed by atoms with van der Waals surface area (Å²) in [5.74, 6) is -0.882. The maximum Gasteiger partial charge on any atom is 0.317 e. The number of rotatable bonds is 4. The molecular formula is C9H10ClNO3. The molecular weight excluding hydrogens is 206 g/mol. The standard InChI is InChI=1S/C9H10ClNO3/c10-7-2-1-3-8(12)6(7)4-11-5-9(13)14/h1-3,11-12H,4-5H2,(H,13,14). The van der Waals surface area contributed by atoms with E-state index >= 15 is 0 Å². The van der Waals surface area contributed by atoms with E-state index in [0.717, 1.165) is 0 Å². The molecule has 3 N–H and O–H groups in total. The molecule has 0 bridgehead atoms. The van der Waals surface area contributed by atoms with Gasteiger partial charge in [-0.2, -0.15) is 0 Å². The Kier molecular flexibility index (Phi) is 3.73. The normalized spacial score (nSPS) is 10.1. The number of hydrogen-bond donors (Lipinski definition) is 3. The number of carbonyl (C=O) groups is 1. The van der Waals surface area contributed by atoms with Crippen LogP contribution < -0.4 is 5.32 Å². The zero-order chi connectivity index (χ0) is 10.6. The van der Waals surface area contributed by atoms with Crippen LogP contribution in [-0.2, 0) is 11.3 Å². The lowest BCUT2D eigenvalue weighted by Gasteiger charge is -2.06. The van der Waals surface area contributed by atoms with Crippen molar-refractivity contribution in [1.29, 1.82) is 0 Å². The summed E-state index contributed by atoms with van der Waals surface area (Å²) >= 11 is 5.80. The number of phenols is 1. The van der Waals surface area contributed by atoms with Crippen molar-refractivity contribution in [2.24, 2.45) is 0 Å². The van der Waals surface area contributed by atoms with Gasteiger partial charge in [0, 0.05) is 17.1 Å². The van der Waals surface area contributed by atoms with Crippen LogP contribution in [0.4, 0.5) is 0 Å². The van der Waals surface area contributed by atoms with E-state index in [0.29, 0.717) is 10.6 Å². The van der Waals surface area contributed by atoms with Crippen LogP contribution in [-0.4, -0.2) is 22.7 Å². The van der Waals surface area contributed by atoms with Crippen molar-refractivity contribution in [3.8, 4) is 5.75 Å². The van der Waals surface area contributed by atoms with Crippen LogP contribution >= 0.6 is 11.6 Å². The lowest BCUT2D eigenvalue weighted by Crippen LogP contribution is -2.22. The summed E-state index contributed by atoms with van der Waals surface area (Å²) in [6, 6.07) is 4.76. The molecule has 1 rings (SSSR count). The maximum atomic E-state index is 10.2. The Morgan fingerprint density at radius 2 is 2.21 bits per heavy atom. The van der Waals surface area contributed by atoms with E-state index < -0.39 is 5.97 Å². The molecule has 0 saturated carbocycles. The zero-order valence-electron chi connectivity index (χ0n) is 7.33. The number of aromatic hydroxyl groups is 1. The topological polar surface area (TPSA) is 69.6 Å². The first-order valence-corrected chi connectivity index (χ1v) is 4.38. The predicted molar refractivity (Wildman–Crippen MR) is 52.5 cm³/mol. The van der Waals surface area contributed by atoms with Gasteiger partial charge in [-0.3, -0.25) is 4.79 Å². The Morgan fingerprint density at radius 3 is 2.79 bits per heavy atom. The van der Waals surface area contributed by atoms with E-state index in [2.05, 4.69) is 5.32 Å². The van der Waals surface area contributed by atoms with E-state index in [9.17, 15) is 9.90 Å². The summed E-state index contributed by atoms with van der Waals surface area (Å²) < 4.78 is 0. The third kappa shape index (κ3) is 2.90. The molecule has 0 aliphatic heterocycles. The highest BCUT2D eigenvalue weighted by atomic mass is 35.5. The van der Waals surface area contributed by atoms with Crippen LogP contribution in [0.3, 0.4) is 0 Å². The Morgan fingerprint density at radius 1 is 1.50 bits per heavy atom. The highest BCUT2D eigenvalue weighted by Crippen LogP contribution is 2.24. The molecule has 1 aromatic carbocycles. The van der Waals surface area contributed by atoms with Crippen LogP contribution in [0.2, 0.25) is 5.02 Å². The van der Waals surface area contributed by atoms with Gasteiger partial charge in [-0.1, -0.05) is 17.7 Å². The first-order valence-electron chi connectivity index (χ1n) is 4.00. The van der Waals surface area contributed by atoms with E-state index in [4.69, 9.17) is 16.7 Å². The molecule has 0 amide bonds. The number of halogens is 1. The summed E-state index contributed by atoms with van der Waals surface area (Å²) in [7, 11) is 0. The molecule has 0 heterocycles. The number of hydrogen-bond acceptors (Lipinski definition) is 3. The molecule has 1 aromatic rings. The average Bonchev–Trinajstić information content (AvgIpc) is 2.09. The number of carboxylic acid groups (broad SMARTS) is 1. The molecule has 0 radical (unpaired) electrons.